The second-order valence-corrected chi connectivity index (χ2v) is 7.63. The van der Waals surface area contributed by atoms with E-state index in [-0.39, 0.29) is 36.8 Å². The molecule has 0 saturated carbocycles. The second kappa shape index (κ2) is 13.9. The molecular formula is C21H29Cl2N3OS. The van der Waals surface area contributed by atoms with Gasteiger partial charge in [-0.15, -0.1) is 36.6 Å². The van der Waals surface area contributed by atoms with Crippen LogP contribution in [0.25, 0.3) is 0 Å². The topological polar surface area (TPSA) is 44.4 Å². The van der Waals surface area contributed by atoms with Crippen LogP contribution in [0.2, 0.25) is 0 Å². The lowest BCUT2D eigenvalue weighted by atomic mass is 10.1. The quantitative estimate of drug-likeness (QED) is 0.582. The van der Waals surface area contributed by atoms with Crippen LogP contribution in [0.15, 0.2) is 60.7 Å². The SMILES string of the molecule is Cl.Cl.O=C(NCCCN(Cc1ccccc1)Cc1ccccc1)C1CSCN1. The second-order valence-electron chi connectivity index (χ2n) is 6.60. The van der Waals surface area contributed by atoms with Crippen molar-refractivity contribution < 1.29 is 4.79 Å². The first-order valence-corrected chi connectivity index (χ1v) is 10.4. The molecule has 2 aromatic carbocycles. The molecule has 0 aromatic heterocycles. The Morgan fingerprint density at radius 2 is 1.57 bits per heavy atom. The monoisotopic (exact) mass is 441 g/mol. The number of amides is 1. The molecule has 0 bridgehead atoms. The van der Waals surface area contributed by atoms with E-state index in [2.05, 4.69) is 76.2 Å². The maximum Gasteiger partial charge on any atom is 0.238 e. The molecule has 0 spiro atoms. The van der Waals surface area contributed by atoms with Gasteiger partial charge in [0.15, 0.2) is 0 Å². The van der Waals surface area contributed by atoms with Crippen molar-refractivity contribution in [2.75, 3.05) is 24.7 Å². The van der Waals surface area contributed by atoms with Crippen molar-refractivity contribution >= 4 is 42.5 Å². The molecule has 1 aliphatic heterocycles. The molecule has 1 heterocycles. The van der Waals surface area contributed by atoms with E-state index in [0.29, 0.717) is 0 Å². The fourth-order valence-electron chi connectivity index (χ4n) is 3.10. The number of nitrogens with zero attached hydrogens (tertiary/aromatic N) is 1. The highest BCUT2D eigenvalue weighted by atomic mass is 35.5. The van der Waals surface area contributed by atoms with Crippen LogP contribution in [-0.2, 0) is 17.9 Å². The largest absolute Gasteiger partial charge is 0.355 e. The lowest BCUT2D eigenvalue weighted by Gasteiger charge is -2.23. The molecule has 0 aliphatic carbocycles. The highest BCUT2D eigenvalue weighted by Gasteiger charge is 2.21. The van der Waals surface area contributed by atoms with E-state index in [0.717, 1.165) is 44.2 Å². The van der Waals surface area contributed by atoms with Crippen LogP contribution < -0.4 is 10.6 Å². The molecule has 1 fully saturated rings. The fourth-order valence-corrected chi connectivity index (χ4v) is 4.04. The number of carbonyl (C=O) groups is 1. The van der Waals surface area contributed by atoms with Gasteiger partial charge in [0.1, 0.15) is 0 Å². The number of carbonyl (C=O) groups excluding carboxylic acids is 1. The maximum atomic E-state index is 12.1. The Labute approximate surface area is 184 Å². The molecule has 28 heavy (non-hydrogen) atoms. The van der Waals surface area contributed by atoms with Gasteiger partial charge in [0.25, 0.3) is 0 Å². The summed E-state index contributed by atoms with van der Waals surface area (Å²) in [5, 5.41) is 6.28. The van der Waals surface area contributed by atoms with E-state index in [1.807, 2.05) is 0 Å². The average Bonchev–Trinajstić information content (AvgIpc) is 3.21. The highest BCUT2D eigenvalue weighted by molar-refractivity contribution is 7.99. The van der Waals surface area contributed by atoms with Gasteiger partial charge >= 0.3 is 0 Å². The van der Waals surface area contributed by atoms with Gasteiger partial charge in [-0.1, -0.05) is 60.7 Å². The molecule has 1 saturated heterocycles. The Morgan fingerprint density at radius 3 is 2.07 bits per heavy atom. The van der Waals surface area contributed by atoms with Crippen LogP contribution in [0.3, 0.4) is 0 Å². The van der Waals surface area contributed by atoms with Crippen LogP contribution in [-0.4, -0.2) is 41.6 Å². The standard InChI is InChI=1S/C21H27N3OS.2ClH/c25-21(20-16-26-17-23-20)22-12-7-13-24(14-18-8-3-1-4-9-18)15-19-10-5-2-6-11-19;;/h1-6,8-11,20,23H,7,12-17H2,(H,22,25);2*1H. The van der Waals surface area contributed by atoms with Crippen molar-refractivity contribution in [3.05, 3.63) is 71.8 Å². The van der Waals surface area contributed by atoms with Gasteiger partial charge in [-0.2, -0.15) is 0 Å². The average molecular weight is 442 g/mol. The molecular weight excluding hydrogens is 413 g/mol. The third-order valence-corrected chi connectivity index (χ3v) is 5.42. The Hall–Kier alpha value is -1.24. The fraction of sp³-hybridized carbons (Fsp3) is 0.381. The highest BCUT2D eigenvalue weighted by Crippen LogP contribution is 2.11. The van der Waals surface area contributed by atoms with Crippen LogP contribution in [0, 0.1) is 0 Å². The molecule has 154 valence electrons. The van der Waals surface area contributed by atoms with Crippen LogP contribution in [0.5, 0.6) is 0 Å². The number of nitrogens with one attached hydrogen (secondary N) is 2. The third kappa shape index (κ3) is 8.41. The number of benzene rings is 2. The van der Waals surface area contributed by atoms with Crippen molar-refractivity contribution in [2.45, 2.75) is 25.6 Å². The minimum absolute atomic E-state index is 0. The zero-order chi connectivity index (χ0) is 18.0. The van der Waals surface area contributed by atoms with E-state index < -0.39 is 0 Å². The lowest BCUT2D eigenvalue weighted by Crippen LogP contribution is -2.42. The summed E-state index contributed by atoms with van der Waals surface area (Å²) in [6.45, 7) is 3.52. The molecule has 4 nitrogen and oxygen atoms in total. The summed E-state index contributed by atoms with van der Waals surface area (Å²) in [5.74, 6) is 1.88. The van der Waals surface area contributed by atoms with Gasteiger partial charge < -0.3 is 5.32 Å². The normalized spacial score (nSPS) is 15.5. The van der Waals surface area contributed by atoms with E-state index in [9.17, 15) is 4.79 Å². The van der Waals surface area contributed by atoms with Gasteiger partial charge in [-0.05, 0) is 17.5 Å². The van der Waals surface area contributed by atoms with Crippen molar-refractivity contribution in [3.63, 3.8) is 0 Å². The predicted molar refractivity (Wildman–Crippen MR) is 123 cm³/mol. The molecule has 2 aromatic rings. The first-order chi connectivity index (χ1) is 12.8. The summed E-state index contributed by atoms with van der Waals surface area (Å²) in [7, 11) is 0. The first kappa shape index (κ1) is 24.8. The van der Waals surface area contributed by atoms with Crippen LogP contribution in [0.4, 0.5) is 0 Å². The van der Waals surface area contributed by atoms with E-state index >= 15 is 0 Å². The molecule has 1 unspecified atom stereocenters. The zero-order valence-electron chi connectivity index (χ0n) is 15.9. The zero-order valence-corrected chi connectivity index (χ0v) is 18.3. The van der Waals surface area contributed by atoms with Gasteiger partial charge in [0.2, 0.25) is 5.91 Å². The molecule has 7 heteroatoms. The first-order valence-electron chi connectivity index (χ1n) is 9.20. The van der Waals surface area contributed by atoms with Gasteiger partial charge in [0, 0.05) is 37.8 Å². The number of hydrogen-bond donors (Lipinski definition) is 2. The van der Waals surface area contributed by atoms with Crippen LogP contribution in [0.1, 0.15) is 17.5 Å². The van der Waals surface area contributed by atoms with Crippen molar-refractivity contribution in [1.29, 1.82) is 0 Å². The van der Waals surface area contributed by atoms with E-state index in [4.69, 9.17) is 0 Å². The third-order valence-electron chi connectivity index (χ3n) is 4.48. The molecule has 3 rings (SSSR count). The Morgan fingerprint density at radius 1 is 1.00 bits per heavy atom. The molecule has 1 aliphatic rings. The van der Waals surface area contributed by atoms with Gasteiger partial charge in [-0.25, -0.2) is 0 Å². The molecule has 1 amide bonds. The molecule has 2 N–H and O–H groups in total. The molecule has 1 atom stereocenters. The van der Waals surface area contributed by atoms with Crippen LogP contribution >= 0.6 is 36.6 Å². The summed E-state index contributed by atoms with van der Waals surface area (Å²) >= 11 is 1.78. The summed E-state index contributed by atoms with van der Waals surface area (Å²) in [6.07, 6.45) is 0.950. The molecule has 0 radical (unpaired) electrons. The lowest BCUT2D eigenvalue weighted by molar-refractivity contribution is -0.122. The maximum absolute atomic E-state index is 12.1. The Bertz CT molecular complexity index is 628. The van der Waals surface area contributed by atoms with Crippen molar-refractivity contribution in [1.82, 2.24) is 15.5 Å². The van der Waals surface area contributed by atoms with Crippen molar-refractivity contribution in [3.8, 4) is 0 Å². The summed E-state index contributed by atoms with van der Waals surface area (Å²) in [5.41, 5.74) is 2.64. The summed E-state index contributed by atoms with van der Waals surface area (Å²) in [6, 6.07) is 21.1. The number of rotatable bonds is 9. The minimum Gasteiger partial charge on any atom is -0.355 e. The Kier molecular flexibility index (Phi) is 12.3. The van der Waals surface area contributed by atoms with Gasteiger partial charge in [0.05, 0.1) is 6.04 Å². The summed E-state index contributed by atoms with van der Waals surface area (Å²) in [4.78, 5) is 14.5. The van der Waals surface area contributed by atoms with E-state index in [1.165, 1.54) is 11.1 Å². The minimum atomic E-state index is -0.0234. The van der Waals surface area contributed by atoms with E-state index in [1.54, 1.807) is 11.8 Å². The predicted octanol–water partition coefficient (Wildman–Crippen LogP) is 3.70. The smallest absolute Gasteiger partial charge is 0.238 e. The van der Waals surface area contributed by atoms with Crippen molar-refractivity contribution in [2.24, 2.45) is 0 Å². The number of thioether (sulfide) groups is 1. The van der Waals surface area contributed by atoms with Gasteiger partial charge in [-0.3, -0.25) is 15.0 Å². The Balaban J connectivity index is 0.00000196. The summed E-state index contributed by atoms with van der Waals surface area (Å²) < 4.78 is 0. The number of halogens is 2. The number of hydrogen-bond acceptors (Lipinski definition) is 4.